The molecule has 102 valence electrons. The molecule has 5 rings (SSSR count). The second-order valence-corrected chi connectivity index (χ2v) is 5.92. The number of fused-ring (bicyclic) bond motifs is 6. The van der Waals surface area contributed by atoms with Crippen molar-refractivity contribution in [2.24, 2.45) is 0 Å². The first-order valence-corrected chi connectivity index (χ1v) is 7.66. The van der Waals surface area contributed by atoms with Crippen LogP contribution in [0.5, 0.6) is 0 Å². The quantitative estimate of drug-likeness (QED) is 0.442. The van der Waals surface area contributed by atoms with Crippen LogP contribution in [0.15, 0.2) is 79.1 Å². The third-order valence-electron chi connectivity index (χ3n) is 4.67. The Kier molecular flexibility index (Phi) is 2.36. The van der Waals surface area contributed by atoms with Crippen LogP contribution in [0.25, 0.3) is 27.6 Å². The van der Waals surface area contributed by atoms with E-state index in [0.29, 0.717) is 6.85 Å². The van der Waals surface area contributed by atoms with Gasteiger partial charge in [-0.2, -0.15) is 0 Å². The smallest absolute Gasteiger partial charge is 0.320 e. The zero-order chi connectivity index (χ0) is 14.5. The van der Waals surface area contributed by atoms with Crippen molar-refractivity contribution < 1.29 is 0 Å². The highest BCUT2D eigenvalue weighted by molar-refractivity contribution is 6.79. The Morgan fingerprint density at radius 2 is 1.64 bits per heavy atom. The molecule has 2 heterocycles. The Balaban J connectivity index is 1.88. The summed E-state index contributed by atoms with van der Waals surface area (Å²) in [5.41, 5.74) is 2.73. The highest BCUT2D eigenvalue weighted by atomic mass is 15.0. The molecule has 2 aliphatic rings. The molecule has 0 aliphatic carbocycles. The van der Waals surface area contributed by atoms with Gasteiger partial charge in [-0.15, -0.1) is 0 Å². The molecule has 0 saturated carbocycles. The van der Waals surface area contributed by atoms with Crippen molar-refractivity contribution in [3.8, 4) is 0 Å². The first-order chi connectivity index (χ1) is 10.9. The first-order valence-electron chi connectivity index (χ1n) is 7.66. The summed E-state index contributed by atoms with van der Waals surface area (Å²) in [4.78, 5) is 2.27. The molecule has 3 aromatic rings. The summed E-state index contributed by atoms with van der Waals surface area (Å²) >= 11 is 0. The molecule has 0 saturated heterocycles. The molecular formula is C20H14BN. The lowest BCUT2D eigenvalue weighted by molar-refractivity contribution is 0.798. The lowest BCUT2D eigenvalue weighted by atomic mass is 9.50. The summed E-state index contributed by atoms with van der Waals surface area (Å²) in [7, 11) is 0. The van der Waals surface area contributed by atoms with Crippen LogP contribution in [0.3, 0.4) is 0 Å². The van der Waals surface area contributed by atoms with E-state index in [1.54, 1.807) is 0 Å². The van der Waals surface area contributed by atoms with Crippen molar-refractivity contribution >= 4 is 39.9 Å². The lowest BCUT2D eigenvalue weighted by Crippen LogP contribution is -2.46. The van der Waals surface area contributed by atoms with Crippen molar-refractivity contribution in [1.82, 2.24) is 4.81 Å². The number of hydrogen-bond donors (Lipinski definition) is 0. The van der Waals surface area contributed by atoms with E-state index in [0.717, 1.165) is 0 Å². The van der Waals surface area contributed by atoms with Crippen LogP contribution in [0, 0.1) is 0 Å². The minimum atomic E-state index is 0.301. The van der Waals surface area contributed by atoms with Crippen LogP contribution in [-0.4, -0.2) is 11.7 Å². The van der Waals surface area contributed by atoms with Gasteiger partial charge in [-0.1, -0.05) is 48.4 Å². The molecule has 0 bridgehead atoms. The standard InChI is InChI=1S/C20H14BN/c1-2-6-17-14-19-18(13-16(17)5-1)8-7-15-9-12-22-11-4-3-10-21(22)20(15)19/h1-14H. The third kappa shape index (κ3) is 1.61. The maximum absolute atomic E-state index is 2.34. The predicted octanol–water partition coefficient (Wildman–Crippen LogP) is 4.10. The minimum absolute atomic E-state index is 0.301. The first kappa shape index (κ1) is 11.9. The van der Waals surface area contributed by atoms with Crippen molar-refractivity contribution in [2.45, 2.75) is 0 Å². The molecule has 2 aliphatic heterocycles. The highest BCUT2D eigenvalue weighted by Gasteiger charge is 2.27. The zero-order valence-electron chi connectivity index (χ0n) is 12.1. The molecule has 0 atom stereocenters. The Morgan fingerprint density at radius 1 is 0.773 bits per heavy atom. The molecule has 0 amide bonds. The van der Waals surface area contributed by atoms with Gasteiger partial charge in [0, 0.05) is 0 Å². The summed E-state index contributed by atoms with van der Waals surface area (Å²) < 4.78 is 0. The van der Waals surface area contributed by atoms with Gasteiger partial charge >= 0.3 is 6.85 Å². The largest absolute Gasteiger partial charge is 0.389 e. The van der Waals surface area contributed by atoms with E-state index in [9.17, 15) is 0 Å². The fraction of sp³-hybridized carbons (Fsp3) is 0. The molecule has 22 heavy (non-hydrogen) atoms. The summed E-state index contributed by atoms with van der Waals surface area (Å²) in [6.07, 6.45) is 10.8. The predicted molar refractivity (Wildman–Crippen MR) is 96.0 cm³/mol. The van der Waals surface area contributed by atoms with Gasteiger partial charge in [-0.05, 0) is 69.3 Å². The van der Waals surface area contributed by atoms with E-state index >= 15 is 0 Å². The molecule has 0 unspecified atom stereocenters. The van der Waals surface area contributed by atoms with Crippen molar-refractivity contribution in [3.63, 3.8) is 0 Å². The van der Waals surface area contributed by atoms with Gasteiger partial charge in [-0.25, -0.2) is 0 Å². The minimum Gasteiger partial charge on any atom is -0.389 e. The summed E-state index contributed by atoms with van der Waals surface area (Å²) in [6, 6.07) is 17.7. The molecular weight excluding hydrogens is 265 g/mol. The highest BCUT2D eigenvalue weighted by Crippen LogP contribution is 2.26. The average Bonchev–Trinajstić information content (AvgIpc) is 2.59. The van der Waals surface area contributed by atoms with Gasteiger partial charge < -0.3 is 4.81 Å². The SMILES string of the molecule is C1=CB2c3c(ccc4cc5ccccc5cc34)C=CN2C=C1. The molecule has 2 heteroatoms. The van der Waals surface area contributed by atoms with Crippen LogP contribution >= 0.6 is 0 Å². The van der Waals surface area contributed by atoms with Gasteiger partial charge in [0.05, 0.1) is 0 Å². The van der Waals surface area contributed by atoms with Crippen LogP contribution < -0.4 is 5.46 Å². The summed E-state index contributed by atoms with van der Waals surface area (Å²) in [5, 5.41) is 5.28. The Bertz CT molecular complexity index is 997. The number of benzene rings is 3. The number of rotatable bonds is 0. The van der Waals surface area contributed by atoms with Gasteiger partial charge in [0.1, 0.15) is 0 Å². The molecule has 0 radical (unpaired) electrons. The number of nitrogens with zero attached hydrogens (tertiary/aromatic N) is 1. The number of hydrogen-bond acceptors (Lipinski definition) is 1. The van der Waals surface area contributed by atoms with E-state index < -0.39 is 0 Å². The van der Waals surface area contributed by atoms with Crippen molar-refractivity contribution in [2.75, 3.05) is 0 Å². The second kappa shape index (κ2) is 4.38. The average molecular weight is 279 g/mol. The Morgan fingerprint density at radius 3 is 2.55 bits per heavy atom. The van der Waals surface area contributed by atoms with Gasteiger partial charge in [0.25, 0.3) is 0 Å². The molecule has 0 N–H and O–H groups in total. The molecule has 3 aromatic carbocycles. The van der Waals surface area contributed by atoms with E-state index in [2.05, 4.69) is 89.9 Å². The monoisotopic (exact) mass is 279 g/mol. The fourth-order valence-electron chi connectivity index (χ4n) is 3.59. The topological polar surface area (TPSA) is 3.24 Å². The summed E-state index contributed by atoms with van der Waals surface area (Å²) in [6.45, 7) is 0.301. The lowest BCUT2D eigenvalue weighted by Gasteiger charge is -2.30. The van der Waals surface area contributed by atoms with Gasteiger partial charge in [0.2, 0.25) is 0 Å². The van der Waals surface area contributed by atoms with E-state index in [1.807, 2.05) is 0 Å². The van der Waals surface area contributed by atoms with Crippen LogP contribution in [-0.2, 0) is 0 Å². The maximum atomic E-state index is 2.34. The Hall–Kier alpha value is -2.74. The number of allylic oxidation sites excluding steroid dienone is 2. The fourth-order valence-corrected chi connectivity index (χ4v) is 3.59. The van der Waals surface area contributed by atoms with Crippen LogP contribution in [0.2, 0.25) is 0 Å². The molecule has 0 fully saturated rings. The molecule has 1 nitrogen and oxygen atoms in total. The maximum Gasteiger partial charge on any atom is 0.320 e. The van der Waals surface area contributed by atoms with E-state index in [4.69, 9.17) is 0 Å². The zero-order valence-corrected chi connectivity index (χ0v) is 12.1. The third-order valence-corrected chi connectivity index (χ3v) is 4.67. The van der Waals surface area contributed by atoms with Crippen molar-refractivity contribution in [3.05, 3.63) is 84.6 Å². The van der Waals surface area contributed by atoms with Gasteiger partial charge in [0.15, 0.2) is 0 Å². The van der Waals surface area contributed by atoms with E-state index in [-0.39, 0.29) is 0 Å². The van der Waals surface area contributed by atoms with Crippen molar-refractivity contribution in [1.29, 1.82) is 0 Å². The Labute approximate surface area is 130 Å². The summed E-state index contributed by atoms with van der Waals surface area (Å²) in [5.74, 6) is 2.27. The molecule has 0 aromatic heterocycles. The van der Waals surface area contributed by atoms with Gasteiger partial charge in [-0.3, -0.25) is 0 Å². The van der Waals surface area contributed by atoms with Crippen LogP contribution in [0.1, 0.15) is 5.56 Å². The molecule has 0 spiro atoms. The normalized spacial score (nSPS) is 15.5. The van der Waals surface area contributed by atoms with Crippen LogP contribution in [0.4, 0.5) is 0 Å². The second-order valence-electron chi connectivity index (χ2n) is 5.92. The van der Waals surface area contributed by atoms with E-state index in [1.165, 1.54) is 32.6 Å².